The third-order valence-electron chi connectivity index (χ3n) is 4.56. The van der Waals surface area contributed by atoms with Gasteiger partial charge in [-0.1, -0.05) is 30.3 Å². The van der Waals surface area contributed by atoms with Crippen LogP contribution in [0, 0.1) is 0 Å². The Kier molecular flexibility index (Phi) is 5.18. The van der Waals surface area contributed by atoms with Gasteiger partial charge in [0.05, 0.1) is 0 Å². The largest absolute Gasteiger partial charge is 0.352 e. The fraction of sp³-hybridized carbons (Fsp3) is 0.211. The lowest BCUT2D eigenvalue weighted by atomic mass is 10.2. The molecule has 9 heteroatoms. The molecule has 0 atom stereocenters. The van der Waals surface area contributed by atoms with Gasteiger partial charge in [-0.05, 0) is 23.8 Å². The van der Waals surface area contributed by atoms with Crippen LogP contribution in [0.2, 0.25) is 0 Å². The summed E-state index contributed by atoms with van der Waals surface area (Å²) in [5, 5.41) is 9.76. The van der Waals surface area contributed by atoms with E-state index in [9.17, 15) is 8.42 Å². The maximum absolute atomic E-state index is 12.6. The van der Waals surface area contributed by atoms with E-state index in [4.69, 9.17) is 0 Å². The van der Waals surface area contributed by atoms with Crippen LogP contribution in [0.5, 0.6) is 0 Å². The van der Waals surface area contributed by atoms with E-state index < -0.39 is 10.0 Å². The van der Waals surface area contributed by atoms with Crippen LogP contribution in [0.4, 0.5) is 5.82 Å². The van der Waals surface area contributed by atoms with E-state index in [1.54, 1.807) is 29.4 Å². The highest BCUT2D eigenvalue weighted by Gasteiger charge is 2.25. The first-order chi connectivity index (χ1) is 13.6. The summed E-state index contributed by atoms with van der Waals surface area (Å²) in [6, 6.07) is 13.2. The second-order valence-corrected chi connectivity index (χ2v) is 8.18. The van der Waals surface area contributed by atoms with Gasteiger partial charge in [-0.25, -0.2) is 13.4 Å². The molecule has 1 aliphatic rings. The van der Waals surface area contributed by atoms with E-state index in [2.05, 4.69) is 15.2 Å². The number of hydrogen-bond donors (Lipinski definition) is 0. The molecular formula is C19H20N6O2S. The van der Waals surface area contributed by atoms with Crippen molar-refractivity contribution in [3.8, 4) is 5.82 Å². The van der Waals surface area contributed by atoms with Crippen LogP contribution < -0.4 is 4.90 Å². The van der Waals surface area contributed by atoms with E-state index in [0.29, 0.717) is 32.0 Å². The van der Waals surface area contributed by atoms with E-state index in [0.717, 1.165) is 11.4 Å². The number of imidazole rings is 1. The average Bonchev–Trinajstić information content (AvgIpc) is 3.28. The Bertz CT molecular complexity index is 1030. The normalized spacial score (nSPS) is 15.9. The van der Waals surface area contributed by atoms with Crippen LogP contribution in [-0.2, 0) is 10.0 Å². The van der Waals surface area contributed by atoms with Crippen LogP contribution in [0.1, 0.15) is 5.56 Å². The minimum absolute atomic E-state index is 0.409. The van der Waals surface area contributed by atoms with Crippen LogP contribution >= 0.6 is 0 Å². The van der Waals surface area contributed by atoms with Crippen molar-refractivity contribution in [3.05, 3.63) is 72.2 Å². The predicted molar refractivity (Wildman–Crippen MR) is 107 cm³/mol. The van der Waals surface area contributed by atoms with Gasteiger partial charge in [0.2, 0.25) is 10.0 Å². The number of sulfonamides is 1. The number of nitrogens with zero attached hydrogens (tertiary/aromatic N) is 6. The molecule has 1 saturated heterocycles. The Morgan fingerprint density at radius 3 is 2.25 bits per heavy atom. The lowest BCUT2D eigenvalue weighted by Crippen LogP contribution is -2.48. The number of hydrogen-bond acceptors (Lipinski definition) is 6. The molecule has 2 aromatic heterocycles. The molecule has 0 aliphatic carbocycles. The topological polar surface area (TPSA) is 84.2 Å². The van der Waals surface area contributed by atoms with Crippen molar-refractivity contribution < 1.29 is 8.42 Å². The summed E-state index contributed by atoms with van der Waals surface area (Å²) in [5.74, 6) is 1.43. The van der Waals surface area contributed by atoms with Crippen molar-refractivity contribution in [3.63, 3.8) is 0 Å². The first-order valence-corrected chi connectivity index (χ1v) is 10.4. The highest BCUT2D eigenvalue weighted by atomic mass is 32.2. The molecule has 1 aliphatic heterocycles. The third kappa shape index (κ3) is 4.10. The molecule has 1 fully saturated rings. The molecule has 0 saturated carbocycles. The molecule has 3 heterocycles. The summed E-state index contributed by atoms with van der Waals surface area (Å²) < 4.78 is 28.4. The predicted octanol–water partition coefficient (Wildman–Crippen LogP) is 1.78. The Labute approximate surface area is 163 Å². The van der Waals surface area contributed by atoms with Crippen molar-refractivity contribution in [2.24, 2.45) is 0 Å². The van der Waals surface area contributed by atoms with Crippen LogP contribution in [0.25, 0.3) is 11.9 Å². The van der Waals surface area contributed by atoms with E-state index in [1.807, 2.05) is 47.4 Å². The van der Waals surface area contributed by atoms with Gasteiger partial charge in [0.25, 0.3) is 0 Å². The monoisotopic (exact) mass is 396 g/mol. The maximum Gasteiger partial charge on any atom is 0.236 e. The van der Waals surface area contributed by atoms with Crippen LogP contribution in [0.3, 0.4) is 0 Å². The zero-order valence-corrected chi connectivity index (χ0v) is 16.0. The van der Waals surface area contributed by atoms with Crippen molar-refractivity contribution >= 4 is 21.9 Å². The van der Waals surface area contributed by atoms with Gasteiger partial charge < -0.3 is 4.90 Å². The SMILES string of the molecule is O=S(=O)(C=Cc1ccccc1)N1CCN(c2ccc(-n3ccnc3)nn2)CC1. The fourth-order valence-electron chi connectivity index (χ4n) is 3.01. The smallest absolute Gasteiger partial charge is 0.236 e. The zero-order chi connectivity index (χ0) is 19.4. The molecule has 1 aromatic carbocycles. The van der Waals surface area contributed by atoms with Gasteiger partial charge in [-0.15, -0.1) is 10.2 Å². The minimum atomic E-state index is -3.44. The standard InChI is InChI=1S/C19H20N6O2S/c26-28(27,15-8-17-4-2-1-3-5-17)25-13-11-23(12-14-25)18-6-7-19(22-21-18)24-10-9-20-16-24/h1-10,15-16H,11-14H2. The van der Waals surface area contributed by atoms with Gasteiger partial charge in [-0.2, -0.15) is 4.31 Å². The summed E-state index contributed by atoms with van der Waals surface area (Å²) in [4.78, 5) is 6.03. The molecule has 0 amide bonds. The molecule has 8 nitrogen and oxygen atoms in total. The van der Waals surface area contributed by atoms with E-state index in [1.165, 1.54) is 9.71 Å². The zero-order valence-electron chi connectivity index (χ0n) is 15.2. The lowest BCUT2D eigenvalue weighted by molar-refractivity contribution is 0.388. The molecule has 0 spiro atoms. The molecule has 4 rings (SSSR count). The van der Waals surface area contributed by atoms with Crippen molar-refractivity contribution in [2.45, 2.75) is 0 Å². The van der Waals surface area contributed by atoms with Crippen LogP contribution in [0.15, 0.2) is 66.6 Å². The summed E-state index contributed by atoms with van der Waals surface area (Å²) in [7, 11) is -3.44. The molecule has 0 unspecified atom stereocenters. The number of benzene rings is 1. The fourth-order valence-corrected chi connectivity index (χ4v) is 4.18. The second kappa shape index (κ2) is 7.91. The van der Waals surface area contributed by atoms with Gasteiger partial charge in [-0.3, -0.25) is 4.57 Å². The van der Waals surface area contributed by atoms with E-state index >= 15 is 0 Å². The Morgan fingerprint density at radius 2 is 1.61 bits per heavy atom. The maximum atomic E-state index is 12.6. The Morgan fingerprint density at radius 1 is 0.893 bits per heavy atom. The average molecular weight is 396 g/mol. The first kappa shape index (κ1) is 18.3. The Hall–Kier alpha value is -3.04. The van der Waals surface area contributed by atoms with Crippen molar-refractivity contribution in [1.29, 1.82) is 0 Å². The van der Waals surface area contributed by atoms with Gasteiger partial charge in [0.1, 0.15) is 6.33 Å². The number of piperazine rings is 1. The first-order valence-electron chi connectivity index (χ1n) is 8.92. The minimum Gasteiger partial charge on any atom is -0.352 e. The molecule has 0 N–H and O–H groups in total. The molecular weight excluding hydrogens is 376 g/mol. The molecule has 0 radical (unpaired) electrons. The van der Waals surface area contributed by atoms with Crippen molar-refractivity contribution in [2.75, 3.05) is 31.1 Å². The Balaban J connectivity index is 1.38. The van der Waals surface area contributed by atoms with Gasteiger partial charge in [0, 0.05) is 44.0 Å². The summed E-state index contributed by atoms with van der Waals surface area (Å²) in [6.45, 7) is 1.95. The summed E-state index contributed by atoms with van der Waals surface area (Å²) in [6.07, 6.45) is 6.77. The summed E-state index contributed by atoms with van der Waals surface area (Å²) in [5.41, 5.74) is 0.859. The quantitative estimate of drug-likeness (QED) is 0.654. The summed E-state index contributed by atoms with van der Waals surface area (Å²) >= 11 is 0. The lowest BCUT2D eigenvalue weighted by Gasteiger charge is -2.33. The number of rotatable bonds is 5. The third-order valence-corrected chi connectivity index (χ3v) is 6.12. The van der Waals surface area contributed by atoms with Crippen molar-refractivity contribution in [1.82, 2.24) is 24.1 Å². The molecule has 0 bridgehead atoms. The highest BCUT2D eigenvalue weighted by molar-refractivity contribution is 7.92. The second-order valence-electron chi connectivity index (χ2n) is 6.36. The number of aromatic nitrogens is 4. The van der Waals surface area contributed by atoms with Gasteiger partial charge >= 0.3 is 0 Å². The molecule has 144 valence electrons. The highest BCUT2D eigenvalue weighted by Crippen LogP contribution is 2.17. The van der Waals surface area contributed by atoms with E-state index in [-0.39, 0.29) is 0 Å². The number of anilines is 1. The molecule has 28 heavy (non-hydrogen) atoms. The molecule has 3 aromatic rings. The van der Waals surface area contributed by atoms with Gasteiger partial charge in [0.15, 0.2) is 11.6 Å². The van der Waals surface area contributed by atoms with Crippen LogP contribution in [-0.4, -0.2) is 58.7 Å².